The van der Waals surface area contributed by atoms with Crippen molar-refractivity contribution in [3.05, 3.63) is 40.4 Å². The molecule has 8 heteroatoms. The number of hydrogen-bond acceptors (Lipinski definition) is 6. The largest absolute Gasteiger partial charge is 0.472 e. The number of nitrogens with zero attached hydrogens (tertiary/aromatic N) is 5. The number of ketones is 1. The molecule has 0 N–H and O–H groups in total. The van der Waals surface area contributed by atoms with E-state index in [1.54, 1.807) is 12.4 Å². The number of hydrogen-bond donors (Lipinski definition) is 0. The maximum Gasteiger partial charge on any atom is 0.214 e. The lowest BCUT2D eigenvalue weighted by Crippen LogP contribution is -2.28. The van der Waals surface area contributed by atoms with E-state index in [1.165, 1.54) is 18.5 Å². The lowest BCUT2D eigenvalue weighted by molar-refractivity contribution is -0.113. The van der Waals surface area contributed by atoms with E-state index in [0.29, 0.717) is 24.2 Å². The first-order valence-electron chi connectivity index (χ1n) is 10.4. The van der Waals surface area contributed by atoms with Crippen LogP contribution in [-0.4, -0.2) is 57.4 Å². The van der Waals surface area contributed by atoms with Gasteiger partial charge in [0.1, 0.15) is 17.7 Å². The zero-order valence-corrected chi connectivity index (χ0v) is 17.9. The van der Waals surface area contributed by atoms with Gasteiger partial charge in [0.15, 0.2) is 5.78 Å². The van der Waals surface area contributed by atoms with Crippen LogP contribution >= 0.6 is 11.6 Å². The van der Waals surface area contributed by atoms with Crippen LogP contribution in [-0.2, 0) is 4.79 Å². The van der Waals surface area contributed by atoms with E-state index in [4.69, 9.17) is 21.4 Å². The van der Waals surface area contributed by atoms with Crippen LogP contribution < -0.4 is 4.74 Å². The molecule has 156 valence electrons. The number of dihydropyridines is 1. The van der Waals surface area contributed by atoms with Crippen LogP contribution in [0.2, 0.25) is 0 Å². The number of Topliss-reactive ketones (excluding diaryl/α,β-unsaturated/α-hetero) is 1. The minimum Gasteiger partial charge on any atom is -0.472 e. The molecule has 0 unspecified atom stereocenters. The number of likely N-dealkylation sites (tertiary alicyclic amines) is 1. The molecule has 1 saturated heterocycles. The van der Waals surface area contributed by atoms with Crippen LogP contribution in [0.3, 0.4) is 0 Å². The normalized spacial score (nSPS) is 21.6. The Kier molecular flexibility index (Phi) is 4.85. The topological polar surface area (TPSA) is 72.6 Å². The number of pyridine rings is 1. The predicted molar refractivity (Wildman–Crippen MR) is 115 cm³/mol. The third-order valence-electron chi connectivity index (χ3n) is 5.93. The fraction of sp³-hybridized carbons (Fsp3) is 0.455. The maximum atomic E-state index is 11.8. The van der Waals surface area contributed by atoms with Gasteiger partial charge in [0.25, 0.3) is 0 Å². The van der Waals surface area contributed by atoms with Gasteiger partial charge >= 0.3 is 0 Å². The Morgan fingerprint density at radius 2 is 2.07 bits per heavy atom. The van der Waals surface area contributed by atoms with Crippen LogP contribution in [0, 0.1) is 13.8 Å². The van der Waals surface area contributed by atoms with Crippen LogP contribution in [0.1, 0.15) is 36.7 Å². The lowest BCUT2D eigenvalue weighted by atomic mass is 10.1. The van der Waals surface area contributed by atoms with Gasteiger partial charge in [-0.3, -0.25) is 14.5 Å². The molecule has 1 aliphatic carbocycles. The number of allylic oxidation sites excluding steroid dienone is 1. The van der Waals surface area contributed by atoms with E-state index in [9.17, 15) is 4.79 Å². The van der Waals surface area contributed by atoms with E-state index in [-0.39, 0.29) is 23.5 Å². The fourth-order valence-corrected chi connectivity index (χ4v) is 4.53. The molecule has 30 heavy (non-hydrogen) atoms. The monoisotopic (exact) mass is 425 g/mol. The highest BCUT2D eigenvalue weighted by molar-refractivity contribution is 6.44. The molecular weight excluding hydrogens is 402 g/mol. The van der Waals surface area contributed by atoms with Crippen molar-refractivity contribution in [1.82, 2.24) is 19.7 Å². The van der Waals surface area contributed by atoms with Gasteiger partial charge in [0.05, 0.1) is 24.0 Å². The van der Waals surface area contributed by atoms with Crippen molar-refractivity contribution in [3.8, 4) is 17.0 Å². The van der Waals surface area contributed by atoms with Crippen molar-refractivity contribution in [2.24, 2.45) is 4.99 Å². The summed E-state index contributed by atoms with van der Waals surface area (Å²) in [6.45, 7) is 5.73. The summed E-state index contributed by atoms with van der Waals surface area (Å²) in [6.07, 6.45) is 6.71. The van der Waals surface area contributed by atoms with Crippen LogP contribution in [0.4, 0.5) is 0 Å². The number of aliphatic imine (C=N–C) groups is 1. The Morgan fingerprint density at radius 3 is 2.87 bits per heavy atom. The minimum absolute atomic E-state index is 0.0217. The van der Waals surface area contributed by atoms with Gasteiger partial charge in [-0.05, 0) is 38.3 Å². The molecule has 5 rings (SSSR count). The first kappa shape index (κ1) is 19.3. The number of carbonyl (C=O) groups is 1. The van der Waals surface area contributed by atoms with Crippen molar-refractivity contribution < 1.29 is 9.53 Å². The van der Waals surface area contributed by atoms with Crippen molar-refractivity contribution in [1.29, 1.82) is 0 Å². The number of carbonyl (C=O) groups excluding carboxylic acids is 1. The van der Waals surface area contributed by atoms with Gasteiger partial charge in [-0.1, -0.05) is 11.6 Å². The number of ether oxygens (including phenoxy) is 1. The Morgan fingerprint density at radius 1 is 1.23 bits per heavy atom. The standard InChI is InChI=1S/C22H24ClN5O2/c1-13-21(14(2)28(26-13)16-3-4-16)15-5-7-25-20(9-15)30-17-6-8-27(12-17)18-10-24-11-19(29)22(18)23/h5,7,9-10,16-17H,3-4,6,8,11-12H2,1-2H3/t17-/m1/s1. The summed E-state index contributed by atoms with van der Waals surface area (Å²) in [4.78, 5) is 22.4. The second kappa shape index (κ2) is 7.54. The van der Waals surface area contributed by atoms with Gasteiger partial charge in [-0.25, -0.2) is 4.98 Å². The molecule has 3 aliphatic rings. The summed E-state index contributed by atoms with van der Waals surface area (Å²) in [5.74, 6) is 0.469. The summed E-state index contributed by atoms with van der Waals surface area (Å²) >= 11 is 6.20. The lowest BCUT2D eigenvalue weighted by Gasteiger charge is -2.22. The number of aryl methyl sites for hydroxylation is 1. The Bertz CT molecular complexity index is 1070. The van der Waals surface area contributed by atoms with Gasteiger partial charge in [0, 0.05) is 42.7 Å². The van der Waals surface area contributed by atoms with Crippen LogP contribution in [0.25, 0.3) is 11.1 Å². The van der Waals surface area contributed by atoms with Crippen LogP contribution in [0.15, 0.2) is 34.1 Å². The highest BCUT2D eigenvalue weighted by atomic mass is 35.5. The first-order valence-corrected chi connectivity index (χ1v) is 10.8. The zero-order valence-electron chi connectivity index (χ0n) is 17.1. The number of aromatic nitrogens is 3. The van der Waals surface area contributed by atoms with Crippen molar-refractivity contribution in [2.45, 2.75) is 45.3 Å². The average Bonchev–Trinajstić information content (AvgIpc) is 3.39. The fourth-order valence-electron chi connectivity index (χ4n) is 4.30. The molecule has 2 aliphatic heterocycles. The summed E-state index contributed by atoms with van der Waals surface area (Å²) in [6, 6.07) is 4.56. The second-order valence-corrected chi connectivity index (χ2v) is 8.55. The SMILES string of the molecule is Cc1nn(C2CC2)c(C)c1-c1ccnc(O[C@@H]2CCN(C3=C(Cl)C(=O)CN=C3)C2)c1. The molecule has 7 nitrogen and oxygen atoms in total. The van der Waals surface area contributed by atoms with E-state index >= 15 is 0 Å². The molecule has 4 heterocycles. The summed E-state index contributed by atoms with van der Waals surface area (Å²) in [7, 11) is 0. The van der Waals surface area contributed by atoms with E-state index in [1.807, 2.05) is 12.1 Å². The molecule has 0 amide bonds. The molecule has 2 aromatic rings. The summed E-state index contributed by atoms with van der Waals surface area (Å²) in [5.41, 5.74) is 5.16. The Hall–Kier alpha value is -2.67. The van der Waals surface area contributed by atoms with E-state index in [0.717, 1.165) is 29.8 Å². The highest BCUT2D eigenvalue weighted by Crippen LogP contribution is 2.39. The molecule has 1 saturated carbocycles. The summed E-state index contributed by atoms with van der Waals surface area (Å²) < 4.78 is 8.35. The van der Waals surface area contributed by atoms with Gasteiger partial charge < -0.3 is 9.64 Å². The van der Waals surface area contributed by atoms with E-state index in [2.05, 4.69) is 33.4 Å². The Balaban J connectivity index is 1.32. The molecular formula is C22H24ClN5O2. The maximum absolute atomic E-state index is 11.8. The molecule has 1 atom stereocenters. The molecule has 0 bridgehead atoms. The highest BCUT2D eigenvalue weighted by Gasteiger charge is 2.30. The van der Waals surface area contributed by atoms with Crippen molar-refractivity contribution >= 4 is 23.6 Å². The first-order chi connectivity index (χ1) is 14.5. The minimum atomic E-state index is -0.134. The van der Waals surface area contributed by atoms with Crippen molar-refractivity contribution in [2.75, 3.05) is 19.6 Å². The molecule has 2 aromatic heterocycles. The van der Waals surface area contributed by atoms with Gasteiger partial charge in [0.2, 0.25) is 5.88 Å². The Labute approximate surface area is 180 Å². The van der Waals surface area contributed by atoms with Crippen molar-refractivity contribution in [3.63, 3.8) is 0 Å². The third-order valence-corrected chi connectivity index (χ3v) is 6.34. The van der Waals surface area contributed by atoms with E-state index < -0.39 is 0 Å². The van der Waals surface area contributed by atoms with Crippen LogP contribution in [0.5, 0.6) is 5.88 Å². The third kappa shape index (κ3) is 3.51. The smallest absolute Gasteiger partial charge is 0.214 e. The number of rotatable bonds is 5. The second-order valence-electron chi connectivity index (χ2n) is 8.17. The van der Waals surface area contributed by atoms with Gasteiger partial charge in [-0.15, -0.1) is 0 Å². The summed E-state index contributed by atoms with van der Waals surface area (Å²) in [5, 5.41) is 5.02. The average molecular weight is 426 g/mol. The molecule has 0 aromatic carbocycles. The number of halogens is 1. The quantitative estimate of drug-likeness (QED) is 0.733. The molecule has 0 spiro atoms. The zero-order chi connectivity index (χ0) is 20.8. The predicted octanol–water partition coefficient (Wildman–Crippen LogP) is 3.45. The van der Waals surface area contributed by atoms with Gasteiger partial charge in [-0.2, -0.15) is 5.10 Å². The molecule has 0 radical (unpaired) electrons. The molecule has 2 fully saturated rings.